The van der Waals surface area contributed by atoms with Crippen LogP contribution in [-0.4, -0.2) is 21.5 Å². The standard InChI is InChI=1S/2C19H17OP.BF4.Cu/c2*1-20-18-14-8-9-15-19(18)21(16-10-4-2-5-11-16)17-12-6-3-7-13-17;2-1(3,4)5;/h2*2-15H,1H3;;/q;;-1;+1. The number of ether oxygens (including phenoxy) is 2. The Hall–Kier alpha value is -3.92. The third-order valence-electron chi connectivity index (χ3n) is 6.71. The van der Waals surface area contributed by atoms with Crippen molar-refractivity contribution in [3.05, 3.63) is 170 Å². The van der Waals surface area contributed by atoms with Crippen LogP contribution in [0, 0.1) is 0 Å². The van der Waals surface area contributed by atoms with E-state index in [-0.39, 0.29) is 17.1 Å². The monoisotopic (exact) mass is 734 g/mol. The Bertz CT molecular complexity index is 1560. The van der Waals surface area contributed by atoms with Crippen LogP contribution in [0.2, 0.25) is 0 Å². The summed E-state index contributed by atoms with van der Waals surface area (Å²) in [6.07, 6.45) is 0. The summed E-state index contributed by atoms with van der Waals surface area (Å²) in [4.78, 5) is 0. The Labute approximate surface area is 293 Å². The predicted molar refractivity (Wildman–Crippen MR) is 194 cm³/mol. The fourth-order valence-corrected chi connectivity index (χ4v) is 9.62. The van der Waals surface area contributed by atoms with Gasteiger partial charge in [0, 0.05) is 10.6 Å². The van der Waals surface area contributed by atoms with Crippen molar-refractivity contribution in [3.8, 4) is 11.5 Å². The Morgan fingerprint density at radius 2 is 0.583 bits per heavy atom. The second-order valence-electron chi connectivity index (χ2n) is 9.85. The normalized spacial score (nSPS) is 10.5. The number of rotatable bonds is 8. The van der Waals surface area contributed by atoms with Gasteiger partial charge in [-0.05, 0) is 49.2 Å². The molecule has 250 valence electrons. The first kappa shape index (κ1) is 38.5. The molecule has 6 rings (SSSR count). The van der Waals surface area contributed by atoms with Crippen molar-refractivity contribution in [1.82, 2.24) is 0 Å². The van der Waals surface area contributed by atoms with E-state index in [1.807, 2.05) is 24.3 Å². The Morgan fingerprint density at radius 3 is 0.812 bits per heavy atom. The van der Waals surface area contributed by atoms with Crippen LogP contribution in [-0.2, 0) is 17.1 Å². The summed E-state index contributed by atoms with van der Waals surface area (Å²) in [5.74, 6) is 1.91. The van der Waals surface area contributed by atoms with Crippen LogP contribution < -0.4 is 41.3 Å². The van der Waals surface area contributed by atoms with Gasteiger partial charge in [0.25, 0.3) is 0 Å². The van der Waals surface area contributed by atoms with Gasteiger partial charge >= 0.3 is 24.3 Å². The van der Waals surface area contributed by atoms with E-state index in [2.05, 4.69) is 146 Å². The number of hydrogen-bond donors (Lipinski definition) is 0. The molecule has 0 fully saturated rings. The number of hydrogen-bond acceptors (Lipinski definition) is 2. The van der Waals surface area contributed by atoms with Gasteiger partial charge < -0.3 is 26.7 Å². The summed E-state index contributed by atoms with van der Waals surface area (Å²) < 4.78 is 50.2. The van der Waals surface area contributed by atoms with E-state index in [0.717, 1.165) is 11.5 Å². The van der Waals surface area contributed by atoms with Crippen LogP contribution in [0.3, 0.4) is 0 Å². The number of para-hydroxylation sites is 2. The van der Waals surface area contributed by atoms with E-state index in [9.17, 15) is 17.3 Å². The molecule has 0 spiro atoms. The Morgan fingerprint density at radius 1 is 0.375 bits per heavy atom. The maximum Gasteiger partial charge on any atom is 1.00 e. The molecule has 48 heavy (non-hydrogen) atoms. The zero-order valence-electron chi connectivity index (χ0n) is 26.3. The molecule has 0 heterocycles. The molecular formula is C38H34BCuF4O2P2. The van der Waals surface area contributed by atoms with Gasteiger partial charge in [-0.3, -0.25) is 0 Å². The summed E-state index contributed by atoms with van der Waals surface area (Å²) in [6, 6.07) is 59.3. The van der Waals surface area contributed by atoms with Gasteiger partial charge in [-0.2, -0.15) is 0 Å². The van der Waals surface area contributed by atoms with E-state index in [1.54, 1.807) is 14.2 Å². The quantitative estimate of drug-likeness (QED) is 0.0893. The van der Waals surface area contributed by atoms with E-state index in [4.69, 9.17) is 9.47 Å². The third kappa shape index (κ3) is 11.7. The fourth-order valence-electron chi connectivity index (χ4n) is 4.79. The molecule has 0 N–H and O–H groups in total. The second-order valence-corrected chi connectivity index (χ2v) is 14.2. The van der Waals surface area contributed by atoms with E-state index in [1.165, 1.54) is 31.8 Å². The first-order chi connectivity index (χ1) is 22.8. The predicted octanol–water partition coefficient (Wildman–Crippen LogP) is 8.20. The van der Waals surface area contributed by atoms with Crippen molar-refractivity contribution in [1.29, 1.82) is 0 Å². The van der Waals surface area contributed by atoms with E-state index < -0.39 is 23.1 Å². The first-order valence-corrected chi connectivity index (χ1v) is 17.4. The maximum absolute atomic E-state index is 9.75. The molecule has 0 bridgehead atoms. The van der Waals surface area contributed by atoms with Gasteiger partial charge in [0.2, 0.25) is 0 Å². The molecule has 6 aromatic carbocycles. The largest absolute Gasteiger partial charge is 1.00 e. The average Bonchev–Trinajstić information content (AvgIpc) is 3.10. The van der Waals surface area contributed by atoms with Crippen LogP contribution in [0.1, 0.15) is 0 Å². The fraction of sp³-hybridized carbons (Fsp3) is 0.0526. The molecule has 0 amide bonds. The van der Waals surface area contributed by atoms with Crippen LogP contribution in [0.5, 0.6) is 11.5 Å². The molecule has 0 saturated carbocycles. The minimum Gasteiger partial charge on any atom is -0.496 e. The molecular weight excluding hydrogens is 701 g/mol. The van der Waals surface area contributed by atoms with Crippen molar-refractivity contribution >= 4 is 54.9 Å². The smallest absolute Gasteiger partial charge is 0.496 e. The molecule has 2 nitrogen and oxygen atoms in total. The Balaban J connectivity index is 0.000000225. The second kappa shape index (κ2) is 19.8. The van der Waals surface area contributed by atoms with Crippen LogP contribution in [0.4, 0.5) is 17.3 Å². The minimum atomic E-state index is -6.00. The molecule has 0 saturated heterocycles. The summed E-state index contributed by atoms with van der Waals surface area (Å²) in [7, 11) is -3.72. The zero-order chi connectivity index (χ0) is 33.5. The molecule has 0 aliphatic rings. The van der Waals surface area contributed by atoms with Crippen molar-refractivity contribution in [3.63, 3.8) is 0 Å². The number of halogens is 4. The molecule has 0 aromatic heterocycles. The average molecular weight is 735 g/mol. The van der Waals surface area contributed by atoms with Crippen LogP contribution >= 0.6 is 15.8 Å². The third-order valence-corrected chi connectivity index (χ3v) is 11.7. The van der Waals surface area contributed by atoms with Crippen LogP contribution in [0.25, 0.3) is 0 Å². The molecule has 0 radical (unpaired) electrons. The number of methoxy groups -OCH3 is 2. The van der Waals surface area contributed by atoms with Gasteiger partial charge in [-0.1, -0.05) is 158 Å². The molecule has 0 aliphatic carbocycles. The first-order valence-electron chi connectivity index (χ1n) is 14.7. The van der Waals surface area contributed by atoms with Gasteiger partial charge in [0.15, 0.2) is 0 Å². The molecule has 6 aromatic rings. The van der Waals surface area contributed by atoms with Crippen molar-refractivity contribution in [2.24, 2.45) is 0 Å². The molecule has 10 heteroatoms. The molecule has 0 atom stereocenters. The number of benzene rings is 6. The van der Waals surface area contributed by atoms with Gasteiger partial charge in [0.1, 0.15) is 11.5 Å². The topological polar surface area (TPSA) is 18.5 Å². The van der Waals surface area contributed by atoms with Crippen molar-refractivity contribution in [2.75, 3.05) is 14.2 Å². The summed E-state index contributed by atoms with van der Waals surface area (Å²) >= 11 is 0. The molecule has 0 unspecified atom stereocenters. The summed E-state index contributed by atoms with van der Waals surface area (Å²) in [5.41, 5.74) is 0. The van der Waals surface area contributed by atoms with Crippen LogP contribution in [0.15, 0.2) is 170 Å². The molecule has 0 aliphatic heterocycles. The summed E-state index contributed by atoms with van der Waals surface area (Å²) in [5, 5.41) is 7.86. The van der Waals surface area contributed by atoms with Crippen molar-refractivity contribution < 1.29 is 43.8 Å². The minimum absolute atomic E-state index is 0. The van der Waals surface area contributed by atoms with E-state index in [0.29, 0.717) is 0 Å². The van der Waals surface area contributed by atoms with Gasteiger partial charge in [-0.15, -0.1) is 0 Å². The SMILES string of the molecule is COc1ccccc1P(c1ccccc1)c1ccccc1.COc1ccccc1P(c1ccccc1)c1ccccc1.F[B-](F)(F)F.[Cu+]. The van der Waals surface area contributed by atoms with E-state index >= 15 is 0 Å². The maximum atomic E-state index is 9.75. The zero-order valence-corrected chi connectivity index (χ0v) is 29.0. The summed E-state index contributed by atoms with van der Waals surface area (Å²) in [6.45, 7) is 0. The Kier molecular flexibility index (Phi) is 15.9. The van der Waals surface area contributed by atoms with Gasteiger partial charge in [0.05, 0.1) is 14.2 Å². The van der Waals surface area contributed by atoms with Crippen molar-refractivity contribution in [2.45, 2.75) is 0 Å². The van der Waals surface area contributed by atoms with Gasteiger partial charge in [-0.25, -0.2) is 0 Å².